The molecule has 5 heteroatoms. The van der Waals surface area contributed by atoms with E-state index >= 15 is 0 Å². The second kappa shape index (κ2) is 5.91. The van der Waals surface area contributed by atoms with Gasteiger partial charge in [-0.2, -0.15) is 0 Å². The van der Waals surface area contributed by atoms with Crippen LogP contribution in [0.3, 0.4) is 0 Å². The van der Waals surface area contributed by atoms with Crippen LogP contribution in [-0.4, -0.2) is 21.3 Å². The molecule has 0 spiro atoms. The lowest BCUT2D eigenvalue weighted by Gasteiger charge is -2.09. The Labute approximate surface area is 114 Å². The molecule has 0 radical (unpaired) electrons. The minimum atomic E-state index is 0.746. The van der Waals surface area contributed by atoms with Gasteiger partial charge in [-0.15, -0.1) is 0 Å². The largest absolute Gasteiger partial charge is 0.361 e. The van der Waals surface area contributed by atoms with E-state index in [-0.39, 0.29) is 0 Å². The lowest BCUT2D eigenvalue weighted by atomic mass is 10.2. The fourth-order valence-corrected chi connectivity index (χ4v) is 2.08. The number of aromatic nitrogens is 3. The number of hydrogen-bond acceptors (Lipinski definition) is 4. The fraction of sp³-hybridized carbons (Fsp3) is 0.571. The molecule has 0 aromatic carbocycles. The van der Waals surface area contributed by atoms with Gasteiger partial charge in [0, 0.05) is 18.3 Å². The first-order chi connectivity index (χ1) is 9.11. The Balaban J connectivity index is 2.15. The molecule has 0 unspecified atom stereocenters. The lowest BCUT2D eigenvalue weighted by Crippen LogP contribution is -2.09. The van der Waals surface area contributed by atoms with Crippen molar-refractivity contribution in [1.82, 2.24) is 14.7 Å². The zero-order valence-electron chi connectivity index (χ0n) is 12.2. The zero-order valence-corrected chi connectivity index (χ0v) is 12.2. The number of anilines is 1. The van der Waals surface area contributed by atoms with Crippen molar-refractivity contribution in [3.63, 3.8) is 0 Å². The maximum atomic E-state index is 5.21. The molecule has 0 aliphatic carbocycles. The van der Waals surface area contributed by atoms with Gasteiger partial charge in [-0.3, -0.25) is 0 Å². The van der Waals surface area contributed by atoms with Gasteiger partial charge in [-0.05, 0) is 27.2 Å². The highest BCUT2D eigenvalue weighted by Gasteiger charge is 2.12. The number of nitrogens with zero attached hydrogens (tertiary/aromatic N) is 3. The molecule has 19 heavy (non-hydrogen) atoms. The van der Waals surface area contributed by atoms with Crippen LogP contribution < -0.4 is 5.32 Å². The van der Waals surface area contributed by atoms with E-state index < -0.39 is 0 Å². The minimum Gasteiger partial charge on any atom is -0.361 e. The van der Waals surface area contributed by atoms with E-state index in [2.05, 4.69) is 33.1 Å². The van der Waals surface area contributed by atoms with Gasteiger partial charge in [0.15, 0.2) is 0 Å². The molecular weight excluding hydrogens is 240 g/mol. The zero-order chi connectivity index (χ0) is 13.8. The Bertz CT molecular complexity index is 522. The quantitative estimate of drug-likeness (QED) is 0.813. The molecule has 2 rings (SSSR count). The SMILES string of the molecule is CCCCNc1nc(C)cn1Cc1c(C)noc1C. The number of aryl methyl sites for hydroxylation is 3. The standard InChI is InChI=1S/C14H22N4O/c1-5-6-7-15-14-16-10(2)8-18(14)9-13-11(3)17-19-12(13)4/h8H,5-7,9H2,1-4H3,(H,15,16). The summed E-state index contributed by atoms with van der Waals surface area (Å²) in [5.41, 5.74) is 3.10. The Morgan fingerprint density at radius 1 is 1.32 bits per heavy atom. The van der Waals surface area contributed by atoms with Crippen LogP contribution in [0.1, 0.15) is 42.5 Å². The van der Waals surface area contributed by atoms with E-state index in [4.69, 9.17) is 4.52 Å². The van der Waals surface area contributed by atoms with Crippen molar-refractivity contribution < 1.29 is 4.52 Å². The summed E-state index contributed by atoms with van der Waals surface area (Å²) in [7, 11) is 0. The molecule has 0 aliphatic rings. The van der Waals surface area contributed by atoms with E-state index in [0.29, 0.717) is 0 Å². The average molecular weight is 262 g/mol. The van der Waals surface area contributed by atoms with Crippen molar-refractivity contribution >= 4 is 5.95 Å². The van der Waals surface area contributed by atoms with Gasteiger partial charge in [-0.1, -0.05) is 18.5 Å². The van der Waals surface area contributed by atoms with Crippen LogP contribution in [0, 0.1) is 20.8 Å². The molecular formula is C14H22N4O. The molecule has 0 saturated heterocycles. The summed E-state index contributed by atoms with van der Waals surface area (Å²) >= 11 is 0. The van der Waals surface area contributed by atoms with E-state index in [9.17, 15) is 0 Å². The molecule has 5 nitrogen and oxygen atoms in total. The molecule has 0 saturated carbocycles. The van der Waals surface area contributed by atoms with Crippen molar-refractivity contribution in [1.29, 1.82) is 0 Å². The van der Waals surface area contributed by atoms with E-state index in [1.165, 1.54) is 6.42 Å². The first-order valence-electron chi connectivity index (χ1n) is 6.81. The molecule has 0 bridgehead atoms. The first kappa shape index (κ1) is 13.6. The van der Waals surface area contributed by atoms with Crippen LogP contribution in [0.15, 0.2) is 10.7 Å². The number of nitrogens with one attached hydrogen (secondary N) is 1. The molecule has 0 amide bonds. The molecule has 2 aromatic heterocycles. The van der Waals surface area contributed by atoms with Crippen molar-refractivity contribution in [2.24, 2.45) is 0 Å². The number of rotatable bonds is 6. The third-order valence-corrected chi connectivity index (χ3v) is 3.22. The minimum absolute atomic E-state index is 0.746. The molecule has 1 N–H and O–H groups in total. The molecule has 2 aromatic rings. The number of unbranched alkanes of at least 4 members (excludes halogenated alkanes) is 1. The van der Waals surface area contributed by atoms with Crippen LogP contribution in [-0.2, 0) is 6.54 Å². The summed E-state index contributed by atoms with van der Waals surface area (Å²) in [6.45, 7) is 9.81. The second-order valence-electron chi connectivity index (χ2n) is 4.92. The van der Waals surface area contributed by atoms with E-state index in [0.717, 1.165) is 48.2 Å². The highest BCUT2D eigenvalue weighted by Crippen LogP contribution is 2.17. The van der Waals surface area contributed by atoms with E-state index in [1.807, 2.05) is 20.8 Å². The van der Waals surface area contributed by atoms with Gasteiger partial charge in [0.05, 0.1) is 17.9 Å². The summed E-state index contributed by atoms with van der Waals surface area (Å²) in [5.74, 6) is 1.80. The second-order valence-corrected chi connectivity index (χ2v) is 4.92. The Morgan fingerprint density at radius 2 is 2.11 bits per heavy atom. The maximum Gasteiger partial charge on any atom is 0.203 e. The lowest BCUT2D eigenvalue weighted by molar-refractivity contribution is 0.392. The normalized spacial score (nSPS) is 10.9. The van der Waals surface area contributed by atoms with Crippen LogP contribution in [0.5, 0.6) is 0 Å². The van der Waals surface area contributed by atoms with Crippen LogP contribution >= 0.6 is 0 Å². The third-order valence-electron chi connectivity index (χ3n) is 3.22. The van der Waals surface area contributed by atoms with Crippen molar-refractivity contribution in [3.05, 3.63) is 28.9 Å². The average Bonchev–Trinajstić information content (AvgIpc) is 2.87. The molecule has 0 atom stereocenters. The Hall–Kier alpha value is -1.78. The number of hydrogen-bond donors (Lipinski definition) is 1. The molecule has 0 aliphatic heterocycles. The highest BCUT2D eigenvalue weighted by atomic mass is 16.5. The van der Waals surface area contributed by atoms with Crippen LogP contribution in [0.2, 0.25) is 0 Å². The molecule has 104 valence electrons. The summed E-state index contributed by atoms with van der Waals surface area (Å²) in [6, 6.07) is 0. The van der Waals surface area contributed by atoms with Crippen LogP contribution in [0.4, 0.5) is 5.95 Å². The van der Waals surface area contributed by atoms with Gasteiger partial charge in [-0.25, -0.2) is 4.98 Å². The molecule has 2 heterocycles. The van der Waals surface area contributed by atoms with Crippen molar-refractivity contribution in [3.8, 4) is 0 Å². The summed E-state index contributed by atoms with van der Waals surface area (Å²) < 4.78 is 7.33. The van der Waals surface area contributed by atoms with Crippen molar-refractivity contribution in [2.75, 3.05) is 11.9 Å². The topological polar surface area (TPSA) is 55.9 Å². The van der Waals surface area contributed by atoms with Gasteiger partial charge in [0.25, 0.3) is 0 Å². The summed E-state index contributed by atoms with van der Waals surface area (Å²) in [5, 5.41) is 7.38. The Morgan fingerprint density at radius 3 is 2.74 bits per heavy atom. The summed E-state index contributed by atoms with van der Waals surface area (Å²) in [6.07, 6.45) is 4.38. The van der Waals surface area contributed by atoms with Gasteiger partial charge in [0.1, 0.15) is 5.76 Å². The Kier molecular flexibility index (Phi) is 4.24. The van der Waals surface area contributed by atoms with Crippen molar-refractivity contribution in [2.45, 2.75) is 47.1 Å². The molecule has 0 fully saturated rings. The van der Waals surface area contributed by atoms with E-state index in [1.54, 1.807) is 0 Å². The smallest absolute Gasteiger partial charge is 0.203 e. The first-order valence-corrected chi connectivity index (χ1v) is 6.81. The van der Waals surface area contributed by atoms with Gasteiger partial charge < -0.3 is 14.4 Å². The van der Waals surface area contributed by atoms with Crippen LogP contribution in [0.25, 0.3) is 0 Å². The highest BCUT2D eigenvalue weighted by molar-refractivity contribution is 5.31. The number of imidazole rings is 1. The van der Waals surface area contributed by atoms with Gasteiger partial charge in [0.2, 0.25) is 5.95 Å². The maximum absolute atomic E-state index is 5.21. The third kappa shape index (κ3) is 3.16. The predicted molar refractivity (Wildman–Crippen MR) is 75.4 cm³/mol. The fourth-order valence-electron chi connectivity index (χ4n) is 2.08. The predicted octanol–water partition coefficient (Wildman–Crippen LogP) is 3.06. The monoisotopic (exact) mass is 262 g/mol. The van der Waals surface area contributed by atoms with Gasteiger partial charge >= 0.3 is 0 Å². The summed E-state index contributed by atoms with van der Waals surface area (Å²) in [4.78, 5) is 4.52.